The molecular weight excluding hydrogens is 247 g/mol. The number of carbonyl (C=O) groups is 1. The van der Waals surface area contributed by atoms with E-state index in [1.807, 2.05) is 0 Å². The van der Waals surface area contributed by atoms with Gasteiger partial charge in [0.2, 0.25) is 5.83 Å². The highest BCUT2D eigenvalue weighted by molar-refractivity contribution is 5.91. The standard InChI is InChI=1S/C10H15FN2O5/c11-5-2-13(4-12-9(5)17)10-7(16)1-6(15)8(3-14)18-10/h2,6-8,10,14-16H,1,3-4H2,(H,12,17). The van der Waals surface area contributed by atoms with Crippen molar-refractivity contribution in [3.05, 3.63) is 12.0 Å². The van der Waals surface area contributed by atoms with E-state index in [0.717, 1.165) is 6.20 Å². The van der Waals surface area contributed by atoms with E-state index in [0.29, 0.717) is 0 Å². The summed E-state index contributed by atoms with van der Waals surface area (Å²) in [6.07, 6.45) is -2.82. The number of aliphatic hydroxyl groups excluding tert-OH is 3. The Morgan fingerprint density at radius 3 is 2.83 bits per heavy atom. The average molecular weight is 262 g/mol. The van der Waals surface area contributed by atoms with Crippen LogP contribution in [0.2, 0.25) is 0 Å². The summed E-state index contributed by atoms with van der Waals surface area (Å²) in [5.74, 6) is -1.81. The second-order valence-electron chi connectivity index (χ2n) is 4.27. The number of nitrogens with one attached hydrogen (secondary N) is 1. The molecule has 0 radical (unpaired) electrons. The molecule has 0 saturated carbocycles. The Kier molecular flexibility index (Phi) is 3.81. The normalized spacial score (nSPS) is 37.2. The molecule has 0 aromatic rings. The Balaban J connectivity index is 2.10. The van der Waals surface area contributed by atoms with Crippen LogP contribution in [0.15, 0.2) is 12.0 Å². The van der Waals surface area contributed by atoms with Crippen LogP contribution >= 0.6 is 0 Å². The molecule has 4 atom stereocenters. The van der Waals surface area contributed by atoms with Crippen molar-refractivity contribution < 1.29 is 29.2 Å². The molecule has 0 aromatic carbocycles. The lowest BCUT2D eigenvalue weighted by Gasteiger charge is -2.42. The highest BCUT2D eigenvalue weighted by Gasteiger charge is 2.39. The van der Waals surface area contributed by atoms with Gasteiger partial charge in [-0.1, -0.05) is 0 Å². The minimum Gasteiger partial charge on any atom is -0.394 e. The van der Waals surface area contributed by atoms with Gasteiger partial charge in [-0.05, 0) is 0 Å². The maximum absolute atomic E-state index is 13.1. The van der Waals surface area contributed by atoms with E-state index in [4.69, 9.17) is 9.84 Å². The summed E-state index contributed by atoms with van der Waals surface area (Å²) in [6, 6.07) is 0. The van der Waals surface area contributed by atoms with Gasteiger partial charge in [0.15, 0.2) is 6.23 Å². The minimum atomic E-state index is -1.04. The van der Waals surface area contributed by atoms with Gasteiger partial charge in [-0.3, -0.25) is 4.79 Å². The van der Waals surface area contributed by atoms with Crippen LogP contribution < -0.4 is 5.32 Å². The maximum Gasteiger partial charge on any atom is 0.282 e. The van der Waals surface area contributed by atoms with Crippen molar-refractivity contribution in [3.63, 3.8) is 0 Å². The largest absolute Gasteiger partial charge is 0.394 e. The molecule has 8 heteroatoms. The van der Waals surface area contributed by atoms with E-state index < -0.39 is 42.9 Å². The first-order valence-electron chi connectivity index (χ1n) is 5.56. The van der Waals surface area contributed by atoms with Gasteiger partial charge in [-0.2, -0.15) is 4.39 Å². The lowest BCUT2D eigenvalue weighted by atomic mass is 10.0. The topological polar surface area (TPSA) is 102 Å². The van der Waals surface area contributed by atoms with Crippen molar-refractivity contribution in [3.8, 4) is 0 Å². The quantitative estimate of drug-likeness (QED) is 0.460. The summed E-state index contributed by atoms with van der Waals surface area (Å²) in [6.45, 7) is -0.418. The number of nitrogens with zero attached hydrogens (tertiary/aromatic N) is 1. The van der Waals surface area contributed by atoms with Crippen LogP contribution in [0.25, 0.3) is 0 Å². The van der Waals surface area contributed by atoms with Gasteiger partial charge in [-0.15, -0.1) is 0 Å². The number of hydrogen-bond acceptors (Lipinski definition) is 6. The predicted molar refractivity (Wildman–Crippen MR) is 56.4 cm³/mol. The Bertz CT molecular complexity index is 364. The third-order valence-electron chi connectivity index (χ3n) is 2.98. The van der Waals surface area contributed by atoms with Crippen LogP contribution in [0.3, 0.4) is 0 Å². The molecule has 2 aliphatic heterocycles. The molecule has 102 valence electrons. The van der Waals surface area contributed by atoms with E-state index in [2.05, 4.69) is 5.32 Å². The number of aliphatic hydroxyl groups is 3. The monoisotopic (exact) mass is 262 g/mol. The number of amides is 1. The van der Waals surface area contributed by atoms with Gasteiger partial charge in [0, 0.05) is 12.6 Å². The summed E-state index contributed by atoms with van der Waals surface area (Å²) in [4.78, 5) is 12.2. The molecule has 2 aliphatic rings. The van der Waals surface area contributed by atoms with Crippen molar-refractivity contribution in [2.24, 2.45) is 0 Å². The number of halogens is 1. The molecule has 0 spiro atoms. The van der Waals surface area contributed by atoms with Crippen molar-refractivity contribution in [2.75, 3.05) is 13.3 Å². The van der Waals surface area contributed by atoms with Crippen LogP contribution in [0.4, 0.5) is 4.39 Å². The molecule has 1 fully saturated rings. The number of carbonyl (C=O) groups excluding carboxylic acids is 1. The highest BCUT2D eigenvalue weighted by atomic mass is 19.1. The molecule has 1 amide bonds. The van der Waals surface area contributed by atoms with Crippen LogP contribution in [-0.4, -0.2) is 63.9 Å². The SMILES string of the molecule is O=C1NCN(C2OC(CO)C(O)CC2O)C=C1F. The molecule has 0 aromatic heterocycles. The predicted octanol–water partition coefficient (Wildman–Crippen LogP) is -1.98. The second-order valence-corrected chi connectivity index (χ2v) is 4.27. The molecular formula is C10H15FN2O5. The molecule has 4 N–H and O–H groups in total. The lowest BCUT2D eigenvalue weighted by Crippen LogP contribution is -2.57. The van der Waals surface area contributed by atoms with Crippen LogP contribution in [0.1, 0.15) is 6.42 Å². The van der Waals surface area contributed by atoms with E-state index in [1.165, 1.54) is 4.90 Å². The summed E-state index contributed by atoms with van der Waals surface area (Å²) < 4.78 is 18.4. The minimum absolute atomic E-state index is 0.00972. The van der Waals surface area contributed by atoms with Gasteiger partial charge in [0.1, 0.15) is 12.2 Å². The Morgan fingerprint density at radius 1 is 1.50 bits per heavy atom. The van der Waals surface area contributed by atoms with Gasteiger partial charge in [0.25, 0.3) is 5.91 Å². The summed E-state index contributed by atoms with van der Waals surface area (Å²) in [5.41, 5.74) is 0. The molecule has 0 bridgehead atoms. The lowest BCUT2D eigenvalue weighted by molar-refractivity contribution is -0.219. The fraction of sp³-hybridized carbons (Fsp3) is 0.700. The fourth-order valence-corrected chi connectivity index (χ4v) is 2.00. The Morgan fingerprint density at radius 2 is 2.22 bits per heavy atom. The zero-order valence-electron chi connectivity index (χ0n) is 9.49. The molecule has 18 heavy (non-hydrogen) atoms. The molecule has 2 rings (SSSR count). The zero-order valence-corrected chi connectivity index (χ0v) is 9.49. The van der Waals surface area contributed by atoms with E-state index in [9.17, 15) is 19.4 Å². The number of hydrogen-bond donors (Lipinski definition) is 4. The first-order valence-corrected chi connectivity index (χ1v) is 5.56. The third kappa shape index (κ3) is 2.46. The van der Waals surface area contributed by atoms with Crippen molar-refractivity contribution in [2.45, 2.75) is 31.0 Å². The van der Waals surface area contributed by atoms with E-state index in [-0.39, 0.29) is 13.1 Å². The summed E-state index contributed by atoms with van der Waals surface area (Å²) in [7, 11) is 0. The summed E-state index contributed by atoms with van der Waals surface area (Å²) in [5, 5.41) is 30.6. The average Bonchev–Trinajstić information content (AvgIpc) is 2.33. The third-order valence-corrected chi connectivity index (χ3v) is 2.98. The Hall–Kier alpha value is -1.22. The number of rotatable bonds is 2. The highest BCUT2D eigenvalue weighted by Crippen LogP contribution is 2.24. The molecule has 7 nitrogen and oxygen atoms in total. The number of ether oxygens (including phenoxy) is 1. The fourth-order valence-electron chi connectivity index (χ4n) is 2.00. The van der Waals surface area contributed by atoms with Crippen LogP contribution in [-0.2, 0) is 9.53 Å². The second kappa shape index (κ2) is 5.19. The van der Waals surface area contributed by atoms with Gasteiger partial charge < -0.3 is 30.3 Å². The zero-order chi connectivity index (χ0) is 13.3. The van der Waals surface area contributed by atoms with Gasteiger partial charge in [-0.25, -0.2) is 0 Å². The van der Waals surface area contributed by atoms with Crippen LogP contribution in [0.5, 0.6) is 0 Å². The van der Waals surface area contributed by atoms with Crippen LogP contribution in [0, 0.1) is 0 Å². The van der Waals surface area contributed by atoms with Crippen molar-refractivity contribution in [1.82, 2.24) is 10.2 Å². The first kappa shape index (κ1) is 13.2. The van der Waals surface area contributed by atoms with Crippen molar-refractivity contribution in [1.29, 1.82) is 0 Å². The molecule has 2 heterocycles. The van der Waals surface area contributed by atoms with Crippen molar-refractivity contribution >= 4 is 5.91 Å². The maximum atomic E-state index is 13.1. The van der Waals surface area contributed by atoms with E-state index in [1.54, 1.807) is 0 Å². The molecule has 0 aliphatic carbocycles. The smallest absolute Gasteiger partial charge is 0.282 e. The van der Waals surface area contributed by atoms with Gasteiger partial charge >= 0.3 is 0 Å². The van der Waals surface area contributed by atoms with E-state index >= 15 is 0 Å². The van der Waals surface area contributed by atoms with Gasteiger partial charge in [0.05, 0.1) is 19.4 Å². The first-order chi connectivity index (χ1) is 8.52. The summed E-state index contributed by atoms with van der Waals surface area (Å²) >= 11 is 0. The Labute approximate surface area is 102 Å². The molecule has 4 unspecified atom stereocenters. The molecule has 1 saturated heterocycles.